The quantitative estimate of drug-likeness (QED) is 0.870. The summed E-state index contributed by atoms with van der Waals surface area (Å²) in [4.78, 5) is 4.38. The van der Waals surface area contributed by atoms with Gasteiger partial charge in [-0.2, -0.15) is 0 Å². The normalized spacial score (nSPS) is 17.4. The van der Waals surface area contributed by atoms with Gasteiger partial charge >= 0.3 is 0 Å². The van der Waals surface area contributed by atoms with Gasteiger partial charge in [0, 0.05) is 27.8 Å². The molecule has 18 heavy (non-hydrogen) atoms. The van der Waals surface area contributed by atoms with Crippen LogP contribution >= 0.6 is 11.6 Å². The summed E-state index contributed by atoms with van der Waals surface area (Å²) in [5, 5.41) is 5.61. The molecule has 2 nitrogen and oxygen atoms in total. The lowest BCUT2D eigenvalue weighted by Crippen LogP contribution is -2.44. The molecule has 0 radical (unpaired) electrons. The Hall–Kier alpha value is -1.28. The van der Waals surface area contributed by atoms with Crippen molar-refractivity contribution >= 4 is 28.2 Å². The van der Waals surface area contributed by atoms with Crippen LogP contribution in [0.1, 0.15) is 32.6 Å². The van der Waals surface area contributed by atoms with Crippen LogP contribution in [0.5, 0.6) is 0 Å². The summed E-state index contributed by atoms with van der Waals surface area (Å²) in [5.74, 6) is 0. The van der Waals surface area contributed by atoms with E-state index in [-0.39, 0.29) is 0 Å². The highest BCUT2D eigenvalue weighted by molar-refractivity contribution is 6.31. The van der Waals surface area contributed by atoms with Crippen molar-refractivity contribution in [2.45, 2.75) is 38.1 Å². The maximum Gasteiger partial charge on any atom is 0.0737 e. The number of aromatic nitrogens is 1. The average molecular weight is 261 g/mol. The second kappa shape index (κ2) is 4.43. The van der Waals surface area contributed by atoms with Crippen LogP contribution in [0.25, 0.3) is 10.9 Å². The van der Waals surface area contributed by atoms with Crippen LogP contribution in [0.2, 0.25) is 5.02 Å². The van der Waals surface area contributed by atoms with Gasteiger partial charge in [0.15, 0.2) is 0 Å². The Bertz CT molecular complexity index is 570. The number of hydrogen-bond acceptors (Lipinski definition) is 2. The fraction of sp³-hybridized carbons (Fsp3) is 0.400. The molecule has 0 bridgehead atoms. The Morgan fingerprint density at radius 1 is 1.33 bits per heavy atom. The van der Waals surface area contributed by atoms with Crippen molar-refractivity contribution in [3.05, 3.63) is 35.5 Å². The molecular weight excluding hydrogens is 244 g/mol. The molecule has 1 N–H and O–H groups in total. The zero-order chi connectivity index (χ0) is 12.6. The second-order valence-corrected chi connectivity index (χ2v) is 5.57. The van der Waals surface area contributed by atoms with Crippen LogP contribution in [0.4, 0.5) is 5.69 Å². The van der Waals surface area contributed by atoms with Crippen LogP contribution in [-0.4, -0.2) is 10.5 Å². The fourth-order valence-electron chi connectivity index (χ4n) is 2.69. The first-order valence-corrected chi connectivity index (χ1v) is 6.93. The molecule has 1 saturated carbocycles. The van der Waals surface area contributed by atoms with Gasteiger partial charge in [-0.3, -0.25) is 4.98 Å². The Labute approximate surface area is 112 Å². The Balaban J connectivity index is 2.01. The molecular formula is C15H17ClN2. The molecule has 1 aliphatic carbocycles. The molecule has 0 amide bonds. The smallest absolute Gasteiger partial charge is 0.0737 e. The first-order chi connectivity index (χ1) is 8.72. The molecule has 0 saturated heterocycles. The minimum absolute atomic E-state index is 0.300. The van der Waals surface area contributed by atoms with E-state index in [2.05, 4.69) is 29.4 Å². The van der Waals surface area contributed by atoms with Gasteiger partial charge in [-0.05, 0) is 49.9 Å². The maximum atomic E-state index is 6.01. The second-order valence-electron chi connectivity index (χ2n) is 5.13. The highest BCUT2D eigenvalue weighted by Gasteiger charge is 2.35. The predicted molar refractivity (Wildman–Crippen MR) is 77.2 cm³/mol. The van der Waals surface area contributed by atoms with E-state index in [9.17, 15) is 0 Å². The summed E-state index contributed by atoms with van der Waals surface area (Å²) in [6.45, 7) is 2.26. The number of nitrogens with zero attached hydrogens (tertiary/aromatic N) is 1. The van der Waals surface area contributed by atoms with Gasteiger partial charge < -0.3 is 5.32 Å². The van der Waals surface area contributed by atoms with Crippen molar-refractivity contribution in [1.29, 1.82) is 0 Å². The number of anilines is 1. The molecule has 1 aromatic heterocycles. The molecule has 94 valence electrons. The maximum absolute atomic E-state index is 6.01. The number of pyridine rings is 1. The Morgan fingerprint density at radius 2 is 2.17 bits per heavy atom. The number of rotatable bonds is 3. The van der Waals surface area contributed by atoms with Gasteiger partial charge in [0.1, 0.15) is 0 Å². The first kappa shape index (κ1) is 11.8. The van der Waals surface area contributed by atoms with Crippen LogP contribution in [0.3, 0.4) is 0 Å². The molecule has 1 heterocycles. The van der Waals surface area contributed by atoms with Crippen LogP contribution in [0, 0.1) is 0 Å². The monoisotopic (exact) mass is 260 g/mol. The topological polar surface area (TPSA) is 24.9 Å². The first-order valence-electron chi connectivity index (χ1n) is 6.55. The number of nitrogens with one attached hydrogen (secondary N) is 1. The lowest BCUT2D eigenvalue weighted by Gasteiger charge is -2.43. The largest absolute Gasteiger partial charge is 0.379 e. The van der Waals surface area contributed by atoms with Crippen molar-refractivity contribution in [2.75, 3.05) is 5.32 Å². The number of benzene rings is 1. The van der Waals surface area contributed by atoms with E-state index in [1.54, 1.807) is 0 Å². The van der Waals surface area contributed by atoms with Gasteiger partial charge in [-0.1, -0.05) is 18.5 Å². The van der Waals surface area contributed by atoms with Crippen LogP contribution < -0.4 is 5.32 Å². The van der Waals surface area contributed by atoms with Crippen LogP contribution in [0.15, 0.2) is 30.5 Å². The number of hydrogen-bond donors (Lipinski definition) is 1. The fourth-order valence-corrected chi connectivity index (χ4v) is 2.85. The van der Waals surface area contributed by atoms with E-state index in [1.807, 2.05) is 18.3 Å². The lowest BCUT2D eigenvalue weighted by atomic mass is 9.74. The summed E-state index contributed by atoms with van der Waals surface area (Å²) in [6, 6.07) is 7.96. The SMILES string of the molecule is CCC1(Nc2ccnc3cc(Cl)ccc23)CCC1. The lowest BCUT2D eigenvalue weighted by molar-refractivity contribution is 0.270. The van der Waals surface area contributed by atoms with Gasteiger partial charge in [-0.15, -0.1) is 0 Å². The van der Waals surface area contributed by atoms with Crippen molar-refractivity contribution < 1.29 is 0 Å². The summed E-state index contributed by atoms with van der Waals surface area (Å²) < 4.78 is 0. The van der Waals surface area contributed by atoms with E-state index >= 15 is 0 Å². The summed E-state index contributed by atoms with van der Waals surface area (Å²) in [5.41, 5.74) is 2.43. The van der Waals surface area contributed by atoms with Gasteiger partial charge in [-0.25, -0.2) is 0 Å². The van der Waals surface area contributed by atoms with Gasteiger partial charge in [0.2, 0.25) is 0 Å². The van der Waals surface area contributed by atoms with Gasteiger partial charge in [0.05, 0.1) is 5.52 Å². The molecule has 0 atom stereocenters. The van der Waals surface area contributed by atoms with E-state index in [0.29, 0.717) is 5.54 Å². The van der Waals surface area contributed by atoms with Crippen molar-refractivity contribution in [3.8, 4) is 0 Å². The third-order valence-corrected chi connectivity index (χ3v) is 4.33. The molecule has 0 unspecified atom stereocenters. The number of fused-ring (bicyclic) bond motifs is 1. The zero-order valence-corrected chi connectivity index (χ0v) is 11.3. The minimum Gasteiger partial charge on any atom is -0.379 e. The summed E-state index contributed by atoms with van der Waals surface area (Å²) in [7, 11) is 0. The summed E-state index contributed by atoms with van der Waals surface area (Å²) in [6.07, 6.45) is 6.88. The molecule has 3 rings (SSSR count). The highest BCUT2D eigenvalue weighted by Crippen LogP contribution is 2.39. The molecule has 1 fully saturated rings. The van der Waals surface area contributed by atoms with E-state index < -0.39 is 0 Å². The third kappa shape index (κ3) is 1.95. The highest BCUT2D eigenvalue weighted by atomic mass is 35.5. The molecule has 0 aliphatic heterocycles. The van der Waals surface area contributed by atoms with E-state index in [0.717, 1.165) is 15.9 Å². The van der Waals surface area contributed by atoms with Crippen molar-refractivity contribution in [2.24, 2.45) is 0 Å². The molecule has 1 aliphatic rings. The molecule has 1 aromatic carbocycles. The Morgan fingerprint density at radius 3 is 2.83 bits per heavy atom. The van der Waals surface area contributed by atoms with Crippen LogP contribution in [-0.2, 0) is 0 Å². The predicted octanol–water partition coefficient (Wildman–Crippen LogP) is 4.63. The van der Waals surface area contributed by atoms with E-state index in [1.165, 1.54) is 31.4 Å². The van der Waals surface area contributed by atoms with Gasteiger partial charge in [0.25, 0.3) is 0 Å². The van der Waals surface area contributed by atoms with Crippen molar-refractivity contribution in [3.63, 3.8) is 0 Å². The standard InChI is InChI=1S/C15H17ClN2/c1-2-15(7-3-8-15)18-13-6-9-17-14-10-11(16)4-5-12(13)14/h4-6,9-10H,2-3,7-8H2,1H3,(H,17,18). The van der Waals surface area contributed by atoms with Crippen molar-refractivity contribution in [1.82, 2.24) is 4.98 Å². The summed E-state index contributed by atoms with van der Waals surface area (Å²) >= 11 is 6.01. The molecule has 0 spiro atoms. The minimum atomic E-state index is 0.300. The Kier molecular flexibility index (Phi) is 2.90. The molecule has 3 heteroatoms. The number of halogens is 1. The average Bonchev–Trinajstić information content (AvgIpc) is 2.33. The zero-order valence-electron chi connectivity index (χ0n) is 10.5. The molecule has 2 aromatic rings. The third-order valence-electron chi connectivity index (χ3n) is 4.09. The van der Waals surface area contributed by atoms with E-state index in [4.69, 9.17) is 11.6 Å².